The monoisotopic (exact) mass is 851 g/mol. The largest absolute Gasteiger partial charge is 0.462 e. The number of unbranched alkanes of at least 4 members (excludes halogenated alkanes) is 25. The topological polar surface area (TPSA) is 78.9 Å². The van der Waals surface area contributed by atoms with Crippen LogP contribution in [0.5, 0.6) is 0 Å². The van der Waals surface area contributed by atoms with E-state index in [1.165, 1.54) is 128 Å². The molecule has 0 N–H and O–H groups in total. The summed E-state index contributed by atoms with van der Waals surface area (Å²) in [6.45, 7) is 6.43. The molecule has 0 aliphatic heterocycles. The van der Waals surface area contributed by atoms with Gasteiger partial charge in [0.2, 0.25) is 0 Å². The highest BCUT2D eigenvalue weighted by Crippen LogP contribution is 2.14. The minimum atomic E-state index is -0.794. The fraction of sp³-hybridized carbons (Fsp3) is 0.727. The molecule has 1 unspecified atom stereocenters. The van der Waals surface area contributed by atoms with E-state index in [4.69, 9.17) is 14.2 Å². The van der Waals surface area contributed by atoms with Gasteiger partial charge in [0, 0.05) is 19.3 Å². The molecule has 0 spiro atoms. The summed E-state index contributed by atoms with van der Waals surface area (Å²) >= 11 is 0. The lowest BCUT2D eigenvalue weighted by Crippen LogP contribution is -2.30. The van der Waals surface area contributed by atoms with Crippen LogP contribution < -0.4 is 0 Å². The highest BCUT2D eigenvalue weighted by Gasteiger charge is 2.19. The molecule has 0 bridgehead atoms. The van der Waals surface area contributed by atoms with Crippen molar-refractivity contribution < 1.29 is 28.6 Å². The van der Waals surface area contributed by atoms with E-state index in [1.54, 1.807) is 0 Å². The molecule has 0 aliphatic rings. The lowest BCUT2D eigenvalue weighted by atomic mass is 10.1. The average molecular weight is 851 g/mol. The third-order valence-electron chi connectivity index (χ3n) is 10.8. The summed E-state index contributed by atoms with van der Waals surface area (Å²) in [7, 11) is 0. The van der Waals surface area contributed by atoms with Crippen LogP contribution in [-0.4, -0.2) is 37.2 Å². The molecule has 0 fully saturated rings. The number of allylic oxidation sites excluding steroid dienone is 12. The Kier molecular flexibility index (Phi) is 46.9. The Balaban J connectivity index is 4.44. The van der Waals surface area contributed by atoms with E-state index in [9.17, 15) is 14.4 Å². The fourth-order valence-electron chi connectivity index (χ4n) is 6.91. The lowest BCUT2D eigenvalue weighted by molar-refractivity contribution is -0.167. The summed E-state index contributed by atoms with van der Waals surface area (Å²) in [5.74, 6) is -0.941. The van der Waals surface area contributed by atoms with Crippen molar-refractivity contribution in [2.45, 2.75) is 245 Å². The standard InChI is InChI=1S/C55H94O6/c1-4-7-10-13-16-19-22-25-27-30-33-36-39-42-45-48-54(57)60-51-52(50-59-53(56)47-44-41-38-35-32-29-24-21-18-15-12-9-6-3)61-55(58)49-46-43-40-37-34-31-28-26-23-20-17-14-11-8-5-2/h9,12,15,18-24,29,32,52H,4-8,10-11,13-14,16-17,25-28,30-31,33-51H2,1-3H3/b12-9+,18-15+,22-19+,23-20+,24-21+,32-29+. The van der Waals surface area contributed by atoms with Gasteiger partial charge in [0.1, 0.15) is 13.2 Å². The Morgan fingerprint density at radius 1 is 0.344 bits per heavy atom. The summed E-state index contributed by atoms with van der Waals surface area (Å²) in [5.41, 5.74) is 0. The van der Waals surface area contributed by atoms with Crippen LogP contribution in [0.15, 0.2) is 72.9 Å². The first kappa shape index (κ1) is 57.9. The third kappa shape index (κ3) is 47.7. The summed E-state index contributed by atoms with van der Waals surface area (Å²) < 4.78 is 16.7. The van der Waals surface area contributed by atoms with Crippen molar-refractivity contribution in [2.24, 2.45) is 0 Å². The van der Waals surface area contributed by atoms with Gasteiger partial charge in [0.25, 0.3) is 0 Å². The molecule has 0 aromatic carbocycles. The minimum absolute atomic E-state index is 0.0922. The van der Waals surface area contributed by atoms with E-state index in [1.807, 2.05) is 36.5 Å². The number of carbonyl (C=O) groups excluding carboxylic acids is 3. The molecule has 61 heavy (non-hydrogen) atoms. The maximum Gasteiger partial charge on any atom is 0.306 e. The van der Waals surface area contributed by atoms with Crippen molar-refractivity contribution in [1.82, 2.24) is 0 Å². The SMILES string of the molecule is CC/C=C/C=C/C=C/C=C/CCCCCC(=O)OCC(COC(=O)CCCCCCCCC/C=C/CCCCCC)OC(=O)CCCCCCCCC/C=C/CCCCCC. The normalized spacial score (nSPS) is 12.6. The molecule has 0 saturated heterocycles. The van der Waals surface area contributed by atoms with E-state index in [0.29, 0.717) is 19.3 Å². The van der Waals surface area contributed by atoms with E-state index < -0.39 is 6.10 Å². The van der Waals surface area contributed by atoms with Crippen molar-refractivity contribution in [3.05, 3.63) is 72.9 Å². The van der Waals surface area contributed by atoms with Gasteiger partial charge >= 0.3 is 17.9 Å². The van der Waals surface area contributed by atoms with Crippen LogP contribution in [0.2, 0.25) is 0 Å². The van der Waals surface area contributed by atoms with Crippen molar-refractivity contribution >= 4 is 17.9 Å². The van der Waals surface area contributed by atoms with Crippen LogP contribution in [0, 0.1) is 0 Å². The molecule has 0 saturated carbocycles. The number of carbonyl (C=O) groups is 3. The molecular formula is C55H94O6. The molecule has 0 amide bonds. The molecular weight excluding hydrogens is 757 g/mol. The van der Waals surface area contributed by atoms with E-state index >= 15 is 0 Å². The van der Waals surface area contributed by atoms with Crippen LogP contribution in [0.4, 0.5) is 0 Å². The Bertz CT molecular complexity index is 1160. The molecule has 6 heteroatoms. The fourth-order valence-corrected chi connectivity index (χ4v) is 6.91. The van der Waals surface area contributed by atoms with Gasteiger partial charge in [-0.1, -0.05) is 203 Å². The summed E-state index contributed by atoms with van der Waals surface area (Å²) in [5, 5.41) is 0. The van der Waals surface area contributed by atoms with Crippen LogP contribution in [0.1, 0.15) is 239 Å². The number of rotatable bonds is 45. The molecule has 0 aromatic heterocycles. The summed E-state index contributed by atoms with van der Waals surface area (Å²) in [6, 6.07) is 0. The summed E-state index contributed by atoms with van der Waals surface area (Å²) in [6.07, 6.45) is 61.7. The van der Waals surface area contributed by atoms with Crippen LogP contribution in [0.25, 0.3) is 0 Å². The van der Waals surface area contributed by atoms with Gasteiger partial charge in [-0.15, -0.1) is 0 Å². The smallest absolute Gasteiger partial charge is 0.306 e. The molecule has 0 heterocycles. The maximum atomic E-state index is 12.8. The molecule has 0 rings (SSSR count). The maximum absolute atomic E-state index is 12.8. The Labute approximate surface area is 376 Å². The number of hydrogen-bond acceptors (Lipinski definition) is 6. The zero-order chi connectivity index (χ0) is 44.4. The lowest BCUT2D eigenvalue weighted by Gasteiger charge is -2.18. The van der Waals surface area contributed by atoms with Gasteiger partial charge in [-0.25, -0.2) is 0 Å². The van der Waals surface area contributed by atoms with Gasteiger partial charge in [-0.2, -0.15) is 0 Å². The molecule has 6 nitrogen and oxygen atoms in total. The molecule has 350 valence electrons. The minimum Gasteiger partial charge on any atom is -0.462 e. The van der Waals surface area contributed by atoms with E-state index in [-0.39, 0.29) is 31.1 Å². The zero-order valence-corrected chi connectivity index (χ0v) is 39.9. The third-order valence-corrected chi connectivity index (χ3v) is 10.8. The zero-order valence-electron chi connectivity index (χ0n) is 39.9. The van der Waals surface area contributed by atoms with Crippen molar-refractivity contribution in [3.8, 4) is 0 Å². The van der Waals surface area contributed by atoms with Gasteiger partial charge in [0.05, 0.1) is 0 Å². The van der Waals surface area contributed by atoms with Crippen LogP contribution in [0.3, 0.4) is 0 Å². The molecule has 1 atom stereocenters. The van der Waals surface area contributed by atoms with Crippen molar-refractivity contribution in [3.63, 3.8) is 0 Å². The Hall–Kier alpha value is -3.15. The average Bonchev–Trinajstić information content (AvgIpc) is 3.26. The quantitative estimate of drug-likeness (QED) is 0.0200. The number of hydrogen-bond donors (Lipinski definition) is 0. The van der Waals surface area contributed by atoms with Gasteiger partial charge < -0.3 is 14.2 Å². The second kappa shape index (κ2) is 49.5. The number of esters is 3. The van der Waals surface area contributed by atoms with Crippen LogP contribution in [-0.2, 0) is 28.6 Å². The second-order valence-corrected chi connectivity index (χ2v) is 16.8. The highest BCUT2D eigenvalue weighted by molar-refractivity contribution is 5.71. The van der Waals surface area contributed by atoms with Gasteiger partial charge in [0.15, 0.2) is 6.10 Å². The highest BCUT2D eigenvalue weighted by atomic mass is 16.6. The second-order valence-electron chi connectivity index (χ2n) is 16.8. The number of ether oxygens (including phenoxy) is 3. The van der Waals surface area contributed by atoms with Gasteiger partial charge in [-0.05, 0) is 89.9 Å². The van der Waals surface area contributed by atoms with Crippen molar-refractivity contribution in [1.29, 1.82) is 0 Å². The van der Waals surface area contributed by atoms with E-state index in [2.05, 4.69) is 57.2 Å². The summed E-state index contributed by atoms with van der Waals surface area (Å²) in [4.78, 5) is 37.9. The first-order chi connectivity index (χ1) is 30.0. The first-order valence-electron chi connectivity index (χ1n) is 25.5. The molecule has 0 aliphatic carbocycles. The molecule has 0 radical (unpaired) electrons. The molecule has 0 aromatic rings. The van der Waals surface area contributed by atoms with Gasteiger partial charge in [-0.3, -0.25) is 14.4 Å². The Morgan fingerprint density at radius 3 is 1.07 bits per heavy atom. The Morgan fingerprint density at radius 2 is 0.656 bits per heavy atom. The van der Waals surface area contributed by atoms with Crippen LogP contribution >= 0.6 is 0 Å². The predicted molar refractivity (Wildman–Crippen MR) is 261 cm³/mol. The van der Waals surface area contributed by atoms with Crippen molar-refractivity contribution in [2.75, 3.05) is 13.2 Å². The van der Waals surface area contributed by atoms with E-state index in [0.717, 1.165) is 70.6 Å². The first-order valence-corrected chi connectivity index (χ1v) is 25.5. The predicted octanol–water partition coefficient (Wildman–Crippen LogP) is 16.6.